The number of rotatable bonds is 2. The lowest BCUT2D eigenvalue weighted by atomic mass is 10.1. The van der Waals surface area contributed by atoms with E-state index in [9.17, 15) is 4.79 Å². The fourth-order valence-electron chi connectivity index (χ4n) is 1.41. The maximum atomic E-state index is 9.99. The van der Waals surface area contributed by atoms with Gasteiger partial charge in [-0.2, -0.15) is 0 Å². The summed E-state index contributed by atoms with van der Waals surface area (Å²) in [5, 5.41) is 0. The number of carbonyl (C=O) groups is 1. The van der Waals surface area contributed by atoms with E-state index in [0.717, 1.165) is 0 Å². The molecule has 0 N–H and O–H groups in total. The van der Waals surface area contributed by atoms with Crippen molar-refractivity contribution >= 4 is 16.5 Å². The molecule has 0 bridgehead atoms. The first-order valence-corrected chi connectivity index (χ1v) is 6.77. The van der Waals surface area contributed by atoms with E-state index in [-0.39, 0.29) is 5.97 Å². The predicted molar refractivity (Wildman–Crippen MR) is 78.2 cm³/mol. The largest absolute Gasteiger partial charge is 0.529 e. The molecule has 2 nitrogen and oxygen atoms in total. The van der Waals surface area contributed by atoms with E-state index in [4.69, 9.17) is 0 Å². The third kappa shape index (κ3) is 4.97. The number of hydrogen-bond donors (Lipinski definition) is 0. The minimum absolute atomic E-state index is 0.0957. The Kier molecular flexibility index (Phi) is 6.50. The van der Waals surface area contributed by atoms with E-state index >= 15 is 0 Å². The summed E-state index contributed by atoms with van der Waals surface area (Å²) in [6, 6.07) is 20.8. The Morgan fingerprint density at radius 3 is 1.56 bits per heavy atom. The first-order chi connectivity index (χ1) is 8.77. The molecule has 0 atom stereocenters. The molecule has 0 unspecified atom stereocenters. The molecule has 18 heavy (non-hydrogen) atoms. The Bertz CT molecular complexity index is 411. The van der Waals surface area contributed by atoms with Gasteiger partial charge in [-0.25, -0.2) is 0 Å². The van der Waals surface area contributed by atoms with Crippen LogP contribution in [0.15, 0.2) is 60.7 Å². The number of carbonyl (C=O) groups excluding carboxylic acids is 1. The Balaban J connectivity index is 0.000000232. The van der Waals surface area contributed by atoms with Gasteiger partial charge in [-0.15, -0.1) is 0 Å². The van der Waals surface area contributed by atoms with Gasteiger partial charge < -0.3 is 4.43 Å². The van der Waals surface area contributed by atoms with Crippen molar-refractivity contribution in [3.8, 4) is 11.1 Å². The predicted octanol–water partition coefficient (Wildman–Crippen LogP) is 2.57. The van der Waals surface area contributed by atoms with Gasteiger partial charge in [0.1, 0.15) is 0 Å². The van der Waals surface area contributed by atoms with Crippen molar-refractivity contribution in [2.45, 2.75) is 13.3 Å². The summed E-state index contributed by atoms with van der Waals surface area (Å²) >= 11 is 0. The lowest BCUT2D eigenvalue weighted by Gasteiger charge is -1.98. The molecule has 0 fully saturated rings. The SMILES string of the molecule is CCC(=O)O[SiH3].c1ccc(-c2ccccc2)cc1. The zero-order valence-corrected chi connectivity index (χ0v) is 12.8. The summed E-state index contributed by atoms with van der Waals surface area (Å²) in [5.74, 6) is -0.0957. The quantitative estimate of drug-likeness (QED) is 0.774. The van der Waals surface area contributed by atoms with Gasteiger partial charge in [0.2, 0.25) is 10.5 Å². The monoisotopic (exact) mass is 258 g/mol. The number of benzene rings is 2. The van der Waals surface area contributed by atoms with Crippen molar-refractivity contribution in [3.63, 3.8) is 0 Å². The van der Waals surface area contributed by atoms with Crippen LogP contribution in [0.5, 0.6) is 0 Å². The normalized spacial score (nSPS) is 9.17. The lowest BCUT2D eigenvalue weighted by Crippen LogP contribution is -1.96. The Morgan fingerprint density at radius 2 is 1.33 bits per heavy atom. The molecule has 0 spiro atoms. The second-order valence-electron chi connectivity index (χ2n) is 3.66. The Hall–Kier alpha value is -1.87. The molecule has 2 rings (SSSR count). The molecule has 2 aromatic rings. The summed E-state index contributed by atoms with van der Waals surface area (Å²) in [6.45, 7) is 1.78. The van der Waals surface area contributed by atoms with Crippen LogP contribution in [0.4, 0.5) is 0 Å². The van der Waals surface area contributed by atoms with Gasteiger partial charge in [-0.05, 0) is 11.1 Å². The van der Waals surface area contributed by atoms with Crippen molar-refractivity contribution in [3.05, 3.63) is 60.7 Å². The molecule has 0 heterocycles. The van der Waals surface area contributed by atoms with Gasteiger partial charge in [-0.1, -0.05) is 67.6 Å². The second-order valence-corrected chi connectivity index (χ2v) is 4.07. The zero-order valence-electron chi connectivity index (χ0n) is 10.8. The highest BCUT2D eigenvalue weighted by atomic mass is 28.2. The topological polar surface area (TPSA) is 26.3 Å². The molecule has 0 amide bonds. The highest BCUT2D eigenvalue weighted by molar-refractivity contribution is 6.05. The van der Waals surface area contributed by atoms with Crippen LogP contribution in [0, 0.1) is 0 Å². The van der Waals surface area contributed by atoms with Gasteiger partial charge in [-0.3, -0.25) is 4.79 Å². The molecule has 2 aromatic carbocycles. The Morgan fingerprint density at radius 1 is 0.944 bits per heavy atom. The highest BCUT2D eigenvalue weighted by Crippen LogP contribution is 2.17. The van der Waals surface area contributed by atoms with Crippen molar-refractivity contribution in [2.75, 3.05) is 0 Å². The molecule has 0 saturated heterocycles. The van der Waals surface area contributed by atoms with Crippen LogP contribution >= 0.6 is 0 Å². The highest BCUT2D eigenvalue weighted by Gasteiger charge is 1.91. The molecule has 0 aliphatic rings. The van der Waals surface area contributed by atoms with Gasteiger partial charge in [0, 0.05) is 6.42 Å². The van der Waals surface area contributed by atoms with Crippen LogP contribution in [-0.4, -0.2) is 16.5 Å². The number of hydrogen-bond acceptors (Lipinski definition) is 2. The standard InChI is InChI=1S/C12H10.C3H8O2Si/c1-3-7-11(8-4-1)12-9-5-2-6-10-12;1-2-3(4)5-6/h1-10H;2H2,1,6H3. The molecule has 0 saturated carbocycles. The first kappa shape index (κ1) is 14.2. The minimum atomic E-state index is -0.0957. The van der Waals surface area contributed by atoms with Gasteiger partial charge in [0.05, 0.1) is 0 Å². The van der Waals surface area contributed by atoms with Crippen LogP contribution in [0.3, 0.4) is 0 Å². The van der Waals surface area contributed by atoms with Gasteiger partial charge in [0.25, 0.3) is 5.97 Å². The average molecular weight is 258 g/mol. The zero-order chi connectivity index (χ0) is 13.2. The summed E-state index contributed by atoms with van der Waals surface area (Å²) in [6.07, 6.45) is 0.503. The van der Waals surface area contributed by atoms with E-state index in [1.54, 1.807) is 6.92 Å². The third-order valence-corrected chi connectivity index (χ3v) is 2.85. The van der Waals surface area contributed by atoms with E-state index in [2.05, 4.69) is 53.0 Å². The van der Waals surface area contributed by atoms with Crippen molar-refractivity contribution in [1.29, 1.82) is 0 Å². The smallest absolute Gasteiger partial charge is 0.291 e. The fraction of sp³-hybridized carbons (Fsp3) is 0.133. The van der Waals surface area contributed by atoms with Crippen molar-refractivity contribution in [1.82, 2.24) is 0 Å². The van der Waals surface area contributed by atoms with Crippen LogP contribution in [0.1, 0.15) is 13.3 Å². The Labute approximate surface area is 111 Å². The summed E-state index contributed by atoms with van der Waals surface area (Å²) in [7, 11) is 0.533. The molecule has 3 heteroatoms. The maximum absolute atomic E-state index is 9.99. The first-order valence-electron chi connectivity index (χ1n) is 5.95. The van der Waals surface area contributed by atoms with Crippen LogP contribution in [0.2, 0.25) is 0 Å². The fourth-order valence-corrected chi connectivity index (χ4v) is 1.69. The van der Waals surface area contributed by atoms with Crippen molar-refractivity contribution < 1.29 is 9.22 Å². The molecular weight excluding hydrogens is 240 g/mol. The lowest BCUT2D eigenvalue weighted by molar-refractivity contribution is -0.133. The minimum Gasteiger partial charge on any atom is -0.529 e. The van der Waals surface area contributed by atoms with Crippen LogP contribution < -0.4 is 0 Å². The van der Waals surface area contributed by atoms with Crippen molar-refractivity contribution in [2.24, 2.45) is 0 Å². The average Bonchev–Trinajstić information content (AvgIpc) is 2.49. The summed E-state index contributed by atoms with van der Waals surface area (Å²) < 4.78 is 4.40. The van der Waals surface area contributed by atoms with E-state index < -0.39 is 0 Å². The van der Waals surface area contributed by atoms with E-state index in [1.165, 1.54) is 11.1 Å². The van der Waals surface area contributed by atoms with Gasteiger partial charge in [0.15, 0.2) is 0 Å². The second kappa shape index (κ2) is 8.25. The molecule has 94 valence electrons. The molecule has 0 aromatic heterocycles. The summed E-state index contributed by atoms with van der Waals surface area (Å²) in [5.41, 5.74) is 2.55. The molecular formula is C15H18O2Si. The molecule has 0 radical (unpaired) electrons. The van der Waals surface area contributed by atoms with E-state index in [1.807, 2.05) is 12.1 Å². The molecule has 0 aliphatic heterocycles. The maximum Gasteiger partial charge on any atom is 0.291 e. The third-order valence-electron chi connectivity index (χ3n) is 2.40. The van der Waals surface area contributed by atoms with E-state index in [0.29, 0.717) is 16.9 Å². The van der Waals surface area contributed by atoms with Crippen LogP contribution in [0.25, 0.3) is 11.1 Å². The van der Waals surface area contributed by atoms with Crippen LogP contribution in [-0.2, 0) is 9.22 Å². The summed E-state index contributed by atoms with van der Waals surface area (Å²) in [4.78, 5) is 9.99. The molecule has 0 aliphatic carbocycles. The van der Waals surface area contributed by atoms with Gasteiger partial charge >= 0.3 is 0 Å².